The molecule has 0 fully saturated rings. The van der Waals surface area contributed by atoms with Crippen LogP contribution in [0.5, 0.6) is 11.5 Å². The number of aliphatic hydroxyl groups is 1. The summed E-state index contributed by atoms with van der Waals surface area (Å²) in [4.78, 5) is 22.8. The molecule has 0 saturated heterocycles. The van der Waals surface area contributed by atoms with Gasteiger partial charge in [-0.1, -0.05) is 18.2 Å². The van der Waals surface area contributed by atoms with Gasteiger partial charge in [0.05, 0.1) is 5.39 Å². The number of aryl methyl sites for hydroxylation is 1. The van der Waals surface area contributed by atoms with Crippen LogP contribution in [0.25, 0.3) is 17.0 Å². The Hall–Kier alpha value is -3.58. The number of benzene rings is 2. The highest BCUT2D eigenvalue weighted by Gasteiger charge is 2.21. The van der Waals surface area contributed by atoms with Crippen LogP contribution in [-0.4, -0.2) is 35.5 Å². The molecular formula is C25H24O7. The lowest BCUT2D eigenvalue weighted by atomic mass is 9.90. The maximum absolute atomic E-state index is 12.3. The molecule has 2 aromatic carbocycles. The van der Waals surface area contributed by atoms with Crippen LogP contribution in [0.1, 0.15) is 29.5 Å². The Balaban J connectivity index is 1.39. The second kappa shape index (κ2) is 9.70. The molecule has 4 rings (SSSR count). The lowest BCUT2D eigenvalue weighted by Crippen LogP contribution is -2.25. The van der Waals surface area contributed by atoms with Crippen molar-refractivity contribution >= 4 is 23.0 Å². The van der Waals surface area contributed by atoms with E-state index >= 15 is 0 Å². The van der Waals surface area contributed by atoms with Gasteiger partial charge in [-0.3, -0.25) is 0 Å². The first kappa shape index (κ1) is 21.6. The molecular weight excluding hydrogens is 412 g/mol. The van der Waals surface area contributed by atoms with Gasteiger partial charge in [-0.05, 0) is 67.2 Å². The van der Waals surface area contributed by atoms with E-state index in [0.717, 1.165) is 47.4 Å². The quantitative estimate of drug-likeness (QED) is 0.411. The Bertz CT molecular complexity index is 1190. The number of hydrogen-bond donors (Lipinski definition) is 2. The topological polar surface area (TPSA) is 106 Å². The molecule has 1 atom stereocenters. The SMILES string of the molecule is O=C(O)/C=C\c1ccc(OCC(O)COc2cccc3oc(=O)c4c(c23)CCCC4)cc1. The summed E-state index contributed by atoms with van der Waals surface area (Å²) in [5.41, 5.74) is 2.67. The molecule has 0 bridgehead atoms. The summed E-state index contributed by atoms with van der Waals surface area (Å²) in [7, 11) is 0. The van der Waals surface area contributed by atoms with Gasteiger partial charge in [0.25, 0.3) is 0 Å². The van der Waals surface area contributed by atoms with Crippen molar-refractivity contribution in [3.63, 3.8) is 0 Å². The van der Waals surface area contributed by atoms with Crippen molar-refractivity contribution in [3.8, 4) is 11.5 Å². The molecule has 3 aromatic rings. The molecule has 0 radical (unpaired) electrons. The van der Waals surface area contributed by atoms with Gasteiger partial charge in [0.2, 0.25) is 0 Å². The minimum absolute atomic E-state index is 0.0203. The summed E-state index contributed by atoms with van der Waals surface area (Å²) in [6, 6.07) is 12.2. The number of carboxylic acids is 1. The van der Waals surface area contributed by atoms with Crippen LogP contribution in [0.4, 0.5) is 0 Å². The smallest absolute Gasteiger partial charge is 0.339 e. The molecule has 1 aliphatic carbocycles. The maximum atomic E-state index is 12.3. The van der Waals surface area contributed by atoms with Crippen molar-refractivity contribution in [2.45, 2.75) is 31.8 Å². The van der Waals surface area contributed by atoms with Crippen molar-refractivity contribution in [2.75, 3.05) is 13.2 Å². The molecule has 1 aliphatic rings. The van der Waals surface area contributed by atoms with E-state index in [1.807, 2.05) is 6.07 Å². The Labute approximate surface area is 184 Å². The number of ether oxygens (including phenoxy) is 2. The van der Waals surface area contributed by atoms with Crippen molar-refractivity contribution in [1.29, 1.82) is 0 Å². The standard InChI is InChI=1S/C25H24O7/c26-17(14-30-18-11-8-16(9-12-18)10-13-23(27)28)15-31-21-6-3-7-22-24(21)19-4-1-2-5-20(19)25(29)32-22/h3,6-13,17,26H,1-2,4-5,14-15H2,(H,27,28)/b13-10-. The van der Waals surface area contributed by atoms with Gasteiger partial charge in [-0.2, -0.15) is 0 Å². The fourth-order valence-corrected chi connectivity index (χ4v) is 3.85. The predicted octanol–water partition coefficient (Wildman–Crippen LogP) is 3.59. The molecule has 7 heteroatoms. The summed E-state index contributed by atoms with van der Waals surface area (Å²) < 4.78 is 17.0. The normalized spacial score (nSPS) is 14.3. The lowest BCUT2D eigenvalue weighted by molar-refractivity contribution is -0.131. The van der Waals surface area contributed by atoms with Crippen LogP contribution in [0, 0.1) is 0 Å². The van der Waals surface area contributed by atoms with Crippen LogP contribution in [0.2, 0.25) is 0 Å². The van der Waals surface area contributed by atoms with Crippen molar-refractivity contribution in [3.05, 3.63) is 75.7 Å². The molecule has 7 nitrogen and oxygen atoms in total. The number of carbonyl (C=O) groups is 1. The van der Waals surface area contributed by atoms with Crippen LogP contribution >= 0.6 is 0 Å². The summed E-state index contributed by atoms with van der Waals surface area (Å²) in [5, 5.41) is 19.8. The van der Waals surface area contributed by atoms with Crippen LogP contribution in [0.15, 0.2) is 57.8 Å². The van der Waals surface area contributed by atoms with Gasteiger partial charge in [0.1, 0.15) is 36.4 Å². The lowest BCUT2D eigenvalue weighted by Gasteiger charge is -2.19. The van der Waals surface area contributed by atoms with Crippen molar-refractivity contribution in [2.24, 2.45) is 0 Å². The van der Waals surface area contributed by atoms with E-state index in [-0.39, 0.29) is 18.8 Å². The van der Waals surface area contributed by atoms with E-state index in [1.54, 1.807) is 36.4 Å². The molecule has 2 N–H and O–H groups in total. The van der Waals surface area contributed by atoms with E-state index in [1.165, 1.54) is 6.08 Å². The Kier molecular flexibility index (Phi) is 6.56. The highest BCUT2D eigenvalue weighted by atomic mass is 16.5. The maximum Gasteiger partial charge on any atom is 0.339 e. The minimum Gasteiger partial charge on any atom is -0.491 e. The van der Waals surface area contributed by atoms with E-state index in [9.17, 15) is 14.7 Å². The summed E-state index contributed by atoms with van der Waals surface area (Å²) >= 11 is 0. The fourth-order valence-electron chi connectivity index (χ4n) is 3.85. The van der Waals surface area contributed by atoms with E-state index in [0.29, 0.717) is 23.5 Å². The summed E-state index contributed by atoms with van der Waals surface area (Å²) in [5.74, 6) is 0.123. The second-order valence-electron chi connectivity index (χ2n) is 7.70. The van der Waals surface area contributed by atoms with Crippen molar-refractivity contribution < 1.29 is 28.9 Å². The van der Waals surface area contributed by atoms with Gasteiger partial charge in [-0.25, -0.2) is 9.59 Å². The minimum atomic E-state index is -1.01. The Morgan fingerprint density at radius 1 is 1.03 bits per heavy atom. The third-order valence-electron chi connectivity index (χ3n) is 5.38. The van der Waals surface area contributed by atoms with Gasteiger partial charge in [-0.15, -0.1) is 0 Å². The third-order valence-corrected chi connectivity index (χ3v) is 5.38. The average molecular weight is 436 g/mol. The number of aliphatic carboxylic acids is 1. The number of rotatable bonds is 8. The monoisotopic (exact) mass is 436 g/mol. The number of hydrogen-bond acceptors (Lipinski definition) is 6. The number of aliphatic hydroxyl groups excluding tert-OH is 1. The predicted molar refractivity (Wildman–Crippen MR) is 119 cm³/mol. The molecule has 1 unspecified atom stereocenters. The zero-order valence-electron chi connectivity index (χ0n) is 17.5. The molecule has 0 amide bonds. The van der Waals surface area contributed by atoms with Gasteiger partial charge >= 0.3 is 11.6 Å². The fraction of sp³-hybridized carbons (Fsp3) is 0.280. The van der Waals surface area contributed by atoms with E-state index in [4.69, 9.17) is 19.0 Å². The van der Waals surface area contributed by atoms with Gasteiger partial charge in [0.15, 0.2) is 0 Å². The zero-order valence-corrected chi connectivity index (χ0v) is 17.5. The summed E-state index contributed by atoms with van der Waals surface area (Å²) in [6.07, 6.45) is 5.18. The highest BCUT2D eigenvalue weighted by Crippen LogP contribution is 2.33. The Morgan fingerprint density at radius 3 is 2.50 bits per heavy atom. The van der Waals surface area contributed by atoms with Crippen molar-refractivity contribution in [1.82, 2.24) is 0 Å². The second-order valence-corrected chi connectivity index (χ2v) is 7.70. The molecule has 0 aliphatic heterocycles. The van der Waals surface area contributed by atoms with E-state index in [2.05, 4.69) is 0 Å². The average Bonchev–Trinajstić information content (AvgIpc) is 2.80. The highest BCUT2D eigenvalue weighted by molar-refractivity contribution is 5.88. The zero-order chi connectivity index (χ0) is 22.5. The molecule has 1 aromatic heterocycles. The first-order valence-corrected chi connectivity index (χ1v) is 10.5. The Morgan fingerprint density at radius 2 is 1.75 bits per heavy atom. The van der Waals surface area contributed by atoms with E-state index < -0.39 is 12.1 Å². The number of fused-ring (bicyclic) bond motifs is 3. The molecule has 1 heterocycles. The molecule has 32 heavy (non-hydrogen) atoms. The third kappa shape index (κ3) is 5.00. The van der Waals surface area contributed by atoms with Gasteiger partial charge < -0.3 is 24.1 Å². The van der Waals surface area contributed by atoms with Crippen LogP contribution in [-0.2, 0) is 17.6 Å². The first-order chi connectivity index (χ1) is 15.5. The largest absolute Gasteiger partial charge is 0.491 e. The van der Waals surface area contributed by atoms with Crippen LogP contribution < -0.4 is 15.1 Å². The first-order valence-electron chi connectivity index (χ1n) is 10.5. The molecule has 166 valence electrons. The van der Waals surface area contributed by atoms with Gasteiger partial charge in [0, 0.05) is 11.6 Å². The molecule has 0 saturated carbocycles. The van der Waals surface area contributed by atoms with Crippen LogP contribution in [0.3, 0.4) is 0 Å². The number of carboxylic acid groups (broad SMARTS) is 1. The summed E-state index contributed by atoms with van der Waals surface area (Å²) in [6.45, 7) is 0.0503. The molecule has 0 spiro atoms.